The average Bonchev–Trinajstić information content (AvgIpc) is 2.93. The van der Waals surface area contributed by atoms with Crippen LogP contribution in [0.1, 0.15) is 11.1 Å². The van der Waals surface area contributed by atoms with Crippen LogP contribution in [0.25, 0.3) is 0 Å². The Labute approximate surface area is 128 Å². The minimum Gasteiger partial charge on any atom is -0.369 e. The van der Waals surface area contributed by atoms with Crippen LogP contribution in [0.2, 0.25) is 0 Å². The highest BCUT2D eigenvalue weighted by molar-refractivity contribution is 5.98. The molecule has 1 heterocycles. The summed E-state index contributed by atoms with van der Waals surface area (Å²) in [5.41, 5.74) is 9.37. The number of aryl methyl sites for hydroxylation is 1. The Balaban J connectivity index is 1.98. The van der Waals surface area contributed by atoms with Crippen LogP contribution < -0.4 is 10.6 Å². The summed E-state index contributed by atoms with van der Waals surface area (Å²) in [6.45, 7) is 2.54. The summed E-state index contributed by atoms with van der Waals surface area (Å²) in [5.74, 6) is 0.275. The normalized spacial score (nSPS) is 14.0. The van der Waals surface area contributed by atoms with E-state index in [1.54, 1.807) is 19.1 Å². The number of nitrogens with zero attached hydrogens (tertiary/aromatic N) is 3. The number of fused-ring (bicyclic) bond motifs is 1. The van der Waals surface area contributed by atoms with Crippen LogP contribution >= 0.6 is 0 Å². The Morgan fingerprint density at radius 2 is 2.09 bits per heavy atom. The minimum atomic E-state index is -0.433. The van der Waals surface area contributed by atoms with Gasteiger partial charge in [0.05, 0.1) is 4.92 Å². The van der Waals surface area contributed by atoms with Crippen LogP contribution in [-0.4, -0.2) is 17.4 Å². The van der Waals surface area contributed by atoms with Gasteiger partial charge in [-0.3, -0.25) is 10.1 Å². The van der Waals surface area contributed by atoms with Crippen molar-refractivity contribution in [3.8, 4) is 0 Å². The molecule has 6 heteroatoms. The van der Waals surface area contributed by atoms with E-state index in [1.807, 2.05) is 23.1 Å². The number of anilines is 1. The van der Waals surface area contributed by atoms with Crippen molar-refractivity contribution in [3.05, 3.63) is 63.7 Å². The Bertz CT molecular complexity index is 770. The molecule has 2 aromatic rings. The van der Waals surface area contributed by atoms with E-state index in [1.165, 1.54) is 11.6 Å². The molecule has 2 N–H and O–H groups in total. The lowest BCUT2D eigenvalue weighted by atomic mass is 10.2. The highest BCUT2D eigenvalue weighted by Crippen LogP contribution is 2.31. The molecule has 0 amide bonds. The molecule has 3 rings (SSSR count). The van der Waals surface area contributed by atoms with Gasteiger partial charge in [0, 0.05) is 18.3 Å². The lowest BCUT2D eigenvalue weighted by molar-refractivity contribution is -0.384. The van der Waals surface area contributed by atoms with Gasteiger partial charge in [-0.25, -0.2) is 4.99 Å². The van der Waals surface area contributed by atoms with Gasteiger partial charge in [-0.1, -0.05) is 24.3 Å². The van der Waals surface area contributed by atoms with E-state index in [-0.39, 0.29) is 17.3 Å². The van der Waals surface area contributed by atoms with Gasteiger partial charge in [0.2, 0.25) is 5.96 Å². The molecule has 0 aliphatic carbocycles. The molecule has 1 aliphatic heterocycles. The molecular weight excluding hydrogens is 280 g/mol. The van der Waals surface area contributed by atoms with Crippen LogP contribution in [0.15, 0.2) is 47.5 Å². The van der Waals surface area contributed by atoms with E-state index < -0.39 is 4.92 Å². The average molecular weight is 296 g/mol. The maximum atomic E-state index is 11.2. The second-order valence-corrected chi connectivity index (χ2v) is 5.25. The predicted octanol–water partition coefficient (Wildman–Crippen LogP) is 2.91. The molecule has 0 saturated heterocycles. The molecule has 0 spiro atoms. The number of aliphatic imine (C=N–C) groups is 1. The first-order valence-electron chi connectivity index (χ1n) is 7.01. The van der Waals surface area contributed by atoms with Crippen LogP contribution in [0, 0.1) is 17.0 Å². The summed E-state index contributed by atoms with van der Waals surface area (Å²) in [4.78, 5) is 16.9. The largest absolute Gasteiger partial charge is 0.369 e. The standard InChI is InChI=1S/C16H16N4O2/c1-11-6-7-13(15(10-11)20(21)22)18-16(17)19-9-8-12-4-2-3-5-14(12)19/h2-7,10H,8-9H2,1H3,(H2,17,18). The quantitative estimate of drug-likeness (QED) is 0.399. The second-order valence-electron chi connectivity index (χ2n) is 5.25. The van der Waals surface area contributed by atoms with Crippen molar-refractivity contribution < 1.29 is 4.92 Å². The smallest absolute Gasteiger partial charge is 0.295 e. The SMILES string of the molecule is Cc1ccc(N=C(N)N2CCc3ccccc32)c([N+](=O)[O-])c1. The van der Waals surface area contributed by atoms with E-state index in [2.05, 4.69) is 11.1 Å². The zero-order valence-electron chi connectivity index (χ0n) is 12.2. The van der Waals surface area contributed by atoms with Gasteiger partial charge in [-0.2, -0.15) is 0 Å². The molecule has 0 saturated carbocycles. The van der Waals surface area contributed by atoms with E-state index in [4.69, 9.17) is 5.73 Å². The summed E-state index contributed by atoms with van der Waals surface area (Å²) in [6.07, 6.45) is 0.891. The number of benzene rings is 2. The van der Waals surface area contributed by atoms with Crippen molar-refractivity contribution in [2.75, 3.05) is 11.4 Å². The zero-order valence-corrected chi connectivity index (χ0v) is 12.2. The Kier molecular flexibility index (Phi) is 3.50. The van der Waals surface area contributed by atoms with Gasteiger partial charge >= 0.3 is 0 Å². The van der Waals surface area contributed by atoms with Crippen molar-refractivity contribution >= 4 is 23.0 Å². The zero-order chi connectivity index (χ0) is 15.7. The van der Waals surface area contributed by atoms with Gasteiger partial charge in [0.1, 0.15) is 5.69 Å². The minimum absolute atomic E-state index is 0.0320. The predicted molar refractivity (Wildman–Crippen MR) is 86.6 cm³/mol. The summed E-state index contributed by atoms with van der Waals surface area (Å²) < 4.78 is 0. The van der Waals surface area contributed by atoms with Crippen molar-refractivity contribution in [2.45, 2.75) is 13.3 Å². The van der Waals surface area contributed by atoms with Crippen molar-refractivity contribution in [3.63, 3.8) is 0 Å². The van der Waals surface area contributed by atoms with Crippen molar-refractivity contribution in [1.29, 1.82) is 0 Å². The molecule has 22 heavy (non-hydrogen) atoms. The fraction of sp³-hybridized carbons (Fsp3) is 0.188. The van der Waals surface area contributed by atoms with Gasteiger partial charge in [-0.05, 0) is 36.6 Å². The summed E-state index contributed by atoms with van der Waals surface area (Å²) >= 11 is 0. The number of para-hydroxylation sites is 1. The van der Waals surface area contributed by atoms with Crippen LogP contribution in [-0.2, 0) is 6.42 Å². The Morgan fingerprint density at radius 3 is 2.86 bits per heavy atom. The van der Waals surface area contributed by atoms with Gasteiger partial charge in [-0.15, -0.1) is 0 Å². The first kappa shape index (κ1) is 14.1. The highest BCUT2D eigenvalue weighted by Gasteiger charge is 2.22. The van der Waals surface area contributed by atoms with Crippen molar-refractivity contribution in [1.82, 2.24) is 0 Å². The Hall–Kier alpha value is -2.89. The molecule has 0 bridgehead atoms. The van der Waals surface area contributed by atoms with Crippen LogP contribution in [0.3, 0.4) is 0 Å². The number of nitro benzene ring substituents is 1. The summed E-state index contributed by atoms with van der Waals surface area (Å²) in [7, 11) is 0. The van der Waals surface area contributed by atoms with Gasteiger partial charge in [0.25, 0.3) is 5.69 Å². The Morgan fingerprint density at radius 1 is 1.32 bits per heavy atom. The third-order valence-electron chi connectivity index (χ3n) is 3.73. The molecule has 0 unspecified atom stereocenters. The molecule has 1 aliphatic rings. The molecular formula is C16H16N4O2. The number of nitrogens with two attached hydrogens (primary N) is 1. The lowest BCUT2D eigenvalue weighted by Gasteiger charge is -2.18. The number of nitro groups is 1. The van der Waals surface area contributed by atoms with E-state index in [9.17, 15) is 10.1 Å². The number of hydrogen-bond acceptors (Lipinski definition) is 3. The maximum absolute atomic E-state index is 11.2. The second kappa shape index (κ2) is 5.48. The maximum Gasteiger partial charge on any atom is 0.295 e. The highest BCUT2D eigenvalue weighted by atomic mass is 16.6. The van der Waals surface area contributed by atoms with Gasteiger partial charge in [0.15, 0.2) is 0 Å². The third kappa shape index (κ3) is 2.50. The number of rotatable bonds is 2. The first-order chi connectivity index (χ1) is 10.6. The molecule has 2 aromatic carbocycles. The summed E-state index contributed by atoms with van der Waals surface area (Å²) in [5, 5.41) is 11.2. The molecule has 0 atom stereocenters. The lowest BCUT2D eigenvalue weighted by Crippen LogP contribution is -2.35. The van der Waals surface area contributed by atoms with Crippen LogP contribution in [0.5, 0.6) is 0 Å². The van der Waals surface area contributed by atoms with Crippen LogP contribution in [0.4, 0.5) is 17.1 Å². The fourth-order valence-electron chi connectivity index (χ4n) is 2.63. The fourth-order valence-corrected chi connectivity index (χ4v) is 2.63. The molecule has 0 fully saturated rings. The van der Waals surface area contributed by atoms with Gasteiger partial charge < -0.3 is 10.6 Å². The summed E-state index contributed by atoms with van der Waals surface area (Å²) in [6, 6.07) is 12.9. The number of hydrogen-bond donors (Lipinski definition) is 1. The van der Waals surface area contributed by atoms with Crippen molar-refractivity contribution in [2.24, 2.45) is 10.7 Å². The van der Waals surface area contributed by atoms with E-state index in [0.717, 1.165) is 24.2 Å². The van der Waals surface area contributed by atoms with E-state index in [0.29, 0.717) is 0 Å². The molecule has 0 radical (unpaired) electrons. The first-order valence-corrected chi connectivity index (χ1v) is 7.01. The third-order valence-corrected chi connectivity index (χ3v) is 3.73. The number of guanidine groups is 1. The molecule has 0 aromatic heterocycles. The molecule has 6 nitrogen and oxygen atoms in total. The molecule has 112 valence electrons. The topological polar surface area (TPSA) is 84.8 Å². The monoisotopic (exact) mass is 296 g/mol. The van der Waals surface area contributed by atoms with E-state index >= 15 is 0 Å².